The maximum atomic E-state index is 13.5. The van der Waals surface area contributed by atoms with Crippen molar-refractivity contribution in [2.24, 2.45) is 0 Å². The Labute approximate surface area is 216 Å². The molecular formula is C26H25N3O5S2. The molecule has 2 amide bonds. The van der Waals surface area contributed by atoms with Crippen molar-refractivity contribution in [1.29, 1.82) is 0 Å². The first-order valence-electron chi connectivity index (χ1n) is 11.3. The fourth-order valence-electron chi connectivity index (χ4n) is 4.35. The van der Waals surface area contributed by atoms with E-state index in [-0.39, 0.29) is 11.8 Å². The lowest BCUT2D eigenvalue weighted by Gasteiger charge is -2.26. The van der Waals surface area contributed by atoms with E-state index in [0.29, 0.717) is 47.3 Å². The lowest BCUT2D eigenvalue weighted by molar-refractivity contribution is -0.129. The molecule has 1 aliphatic heterocycles. The van der Waals surface area contributed by atoms with E-state index in [1.807, 2.05) is 29.2 Å². The van der Waals surface area contributed by atoms with Crippen LogP contribution in [-0.4, -0.2) is 49.6 Å². The quantitative estimate of drug-likeness (QED) is 0.373. The third kappa shape index (κ3) is 4.27. The van der Waals surface area contributed by atoms with Crippen molar-refractivity contribution >= 4 is 49.7 Å². The highest BCUT2D eigenvalue weighted by atomic mass is 32.1. The molecule has 10 heteroatoms. The van der Waals surface area contributed by atoms with Gasteiger partial charge in [-0.3, -0.25) is 9.59 Å². The summed E-state index contributed by atoms with van der Waals surface area (Å²) in [7, 11) is 4.54. The van der Waals surface area contributed by atoms with Crippen LogP contribution >= 0.6 is 22.7 Å². The number of rotatable bonds is 6. The smallest absolute Gasteiger partial charge is 0.256 e. The maximum absolute atomic E-state index is 13.5. The standard InChI is InChI=1S/C26H25N3O5S2/c1-14(30)29-10-9-16-21(13-29)36-26(22(16)25-27-17-7-5-6-8-20(17)35-25)28-24(31)15-11-18(32-2)23(34-4)19(12-15)33-3/h5-8,11-12H,9-10,13H2,1-4H3,(H,28,31). The monoisotopic (exact) mass is 523 g/mol. The minimum atomic E-state index is -0.307. The first kappa shape index (κ1) is 24.1. The van der Waals surface area contributed by atoms with E-state index >= 15 is 0 Å². The van der Waals surface area contributed by atoms with Crippen LogP contribution in [0.2, 0.25) is 0 Å². The average Bonchev–Trinajstić information content (AvgIpc) is 3.47. The molecule has 3 heterocycles. The molecule has 2 aromatic heterocycles. The van der Waals surface area contributed by atoms with Crippen molar-refractivity contribution in [2.45, 2.75) is 19.9 Å². The van der Waals surface area contributed by atoms with E-state index in [9.17, 15) is 9.59 Å². The van der Waals surface area contributed by atoms with Gasteiger partial charge in [-0.15, -0.1) is 22.7 Å². The highest BCUT2D eigenvalue weighted by molar-refractivity contribution is 7.23. The number of hydrogen-bond acceptors (Lipinski definition) is 8. The molecule has 1 aliphatic rings. The number of carbonyl (C=O) groups is 2. The Morgan fingerprint density at radius 3 is 2.39 bits per heavy atom. The van der Waals surface area contributed by atoms with Crippen molar-refractivity contribution in [2.75, 3.05) is 33.2 Å². The number of para-hydroxylation sites is 1. The largest absolute Gasteiger partial charge is 0.493 e. The minimum absolute atomic E-state index is 0.0404. The second-order valence-corrected chi connectivity index (χ2v) is 10.4. The van der Waals surface area contributed by atoms with Crippen molar-refractivity contribution in [3.63, 3.8) is 0 Å². The number of nitrogens with zero attached hydrogens (tertiary/aromatic N) is 2. The average molecular weight is 524 g/mol. The van der Waals surface area contributed by atoms with Crippen LogP contribution in [0.4, 0.5) is 5.00 Å². The maximum Gasteiger partial charge on any atom is 0.256 e. The van der Waals surface area contributed by atoms with Crippen molar-refractivity contribution in [3.05, 3.63) is 52.4 Å². The van der Waals surface area contributed by atoms with Crippen LogP contribution in [0, 0.1) is 0 Å². The number of nitrogens with one attached hydrogen (secondary N) is 1. The van der Waals surface area contributed by atoms with Crippen LogP contribution < -0.4 is 19.5 Å². The molecule has 36 heavy (non-hydrogen) atoms. The molecule has 5 rings (SSSR count). The van der Waals surface area contributed by atoms with Crippen LogP contribution in [0.1, 0.15) is 27.7 Å². The van der Waals surface area contributed by atoms with Gasteiger partial charge in [0.2, 0.25) is 11.7 Å². The fourth-order valence-corrected chi connectivity index (χ4v) is 6.72. The number of methoxy groups -OCH3 is 3. The summed E-state index contributed by atoms with van der Waals surface area (Å²) in [4.78, 5) is 33.3. The minimum Gasteiger partial charge on any atom is -0.493 e. The van der Waals surface area contributed by atoms with Crippen molar-refractivity contribution < 1.29 is 23.8 Å². The predicted octanol–water partition coefficient (Wildman–Crippen LogP) is 5.21. The Morgan fingerprint density at radius 2 is 1.75 bits per heavy atom. The van der Waals surface area contributed by atoms with E-state index in [4.69, 9.17) is 19.2 Å². The highest BCUT2D eigenvalue weighted by Gasteiger charge is 2.29. The summed E-state index contributed by atoms with van der Waals surface area (Å²) in [6, 6.07) is 11.2. The number of hydrogen-bond donors (Lipinski definition) is 1. The van der Waals surface area contributed by atoms with Crippen molar-refractivity contribution in [1.82, 2.24) is 9.88 Å². The molecule has 8 nitrogen and oxygen atoms in total. The van der Waals surface area contributed by atoms with Gasteiger partial charge >= 0.3 is 0 Å². The van der Waals surface area contributed by atoms with E-state index in [0.717, 1.165) is 31.2 Å². The Balaban J connectivity index is 1.58. The topological polar surface area (TPSA) is 90.0 Å². The second kappa shape index (κ2) is 9.79. The molecule has 0 aliphatic carbocycles. The van der Waals surface area contributed by atoms with Crippen LogP contribution in [0.3, 0.4) is 0 Å². The molecule has 0 atom stereocenters. The zero-order valence-corrected chi connectivity index (χ0v) is 22.0. The number of amides is 2. The van der Waals surface area contributed by atoms with Gasteiger partial charge in [0.15, 0.2) is 11.5 Å². The number of anilines is 1. The number of fused-ring (bicyclic) bond motifs is 2. The highest BCUT2D eigenvalue weighted by Crippen LogP contribution is 2.46. The van der Waals surface area contributed by atoms with Gasteiger partial charge in [0, 0.05) is 29.5 Å². The Hall–Kier alpha value is -3.63. The number of benzene rings is 2. The van der Waals surface area contributed by atoms with E-state index < -0.39 is 0 Å². The van der Waals surface area contributed by atoms with Gasteiger partial charge in [-0.2, -0.15) is 0 Å². The molecule has 0 unspecified atom stereocenters. The molecule has 0 fully saturated rings. The summed E-state index contributed by atoms with van der Waals surface area (Å²) in [6.07, 6.45) is 0.705. The molecule has 0 bridgehead atoms. The number of carbonyl (C=O) groups excluding carboxylic acids is 2. The Kier molecular flexibility index (Phi) is 6.55. The third-order valence-corrected chi connectivity index (χ3v) is 8.35. The number of thiazole rings is 1. The molecule has 2 aromatic carbocycles. The van der Waals surface area contributed by atoms with Gasteiger partial charge < -0.3 is 24.4 Å². The lowest BCUT2D eigenvalue weighted by Crippen LogP contribution is -2.33. The van der Waals surface area contributed by atoms with Crippen LogP contribution in [-0.2, 0) is 17.8 Å². The van der Waals surface area contributed by atoms with Crippen LogP contribution in [0.5, 0.6) is 17.2 Å². The van der Waals surface area contributed by atoms with E-state index in [1.165, 1.54) is 32.7 Å². The number of ether oxygens (including phenoxy) is 3. The van der Waals surface area contributed by atoms with E-state index in [2.05, 4.69) is 5.32 Å². The van der Waals surface area contributed by atoms with Gasteiger partial charge in [-0.25, -0.2) is 4.98 Å². The molecule has 186 valence electrons. The first-order valence-corrected chi connectivity index (χ1v) is 12.9. The molecule has 1 N–H and O–H groups in total. The van der Waals surface area contributed by atoms with Crippen LogP contribution in [0.25, 0.3) is 20.8 Å². The van der Waals surface area contributed by atoms with Gasteiger partial charge in [-0.05, 0) is 36.2 Å². The summed E-state index contributed by atoms with van der Waals surface area (Å²) in [5.74, 6) is 0.951. The first-order chi connectivity index (χ1) is 17.4. The Bertz CT molecular complexity index is 1420. The normalized spacial score (nSPS) is 12.8. The molecule has 0 spiro atoms. The summed E-state index contributed by atoms with van der Waals surface area (Å²) in [5.41, 5.74) is 3.36. The molecule has 0 saturated carbocycles. The zero-order chi connectivity index (χ0) is 25.4. The Morgan fingerprint density at radius 1 is 1.03 bits per heavy atom. The molecular weight excluding hydrogens is 498 g/mol. The van der Waals surface area contributed by atoms with Crippen LogP contribution in [0.15, 0.2) is 36.4 Å². The summed E-state index contributed by atoms with van der Waals surface area (Å²) >= 11 is 3.09. The second-order valence-electron chi connectivity index (χ2n) is 8.25. The summed E-state index contributed by atoms with van der Waals surface area (Å²) in [5, 5.41) is 4.67. The van der Waals surface area contributed by atoms with Gasteiger partial charge in [-0.1, -0.05) is 12.1 Å². The molecule has 0 saturated heterocycles. The summed E-state index contributed by atoms with van der Waals surface area (Å²) in [6.45, 7) is 2.74. The predicted molar refractivity (Wildman–Crippen MR) is 142 cm³/mol. The van der Waals surface area contributed by atoms with Gasteiger partial charge in [0.05, 0.1) is 38.1 Å². The van der Waals surface area contributed by atoms with Crippen molar-refractivity contribution in [3.8, 4) is 27.8 Å². The lowest BCUT2D eigenvalue weighted by atomic mass is 10.0. The van der Waals surface area contributed by atoms with Gasteiger partial charge in [0.1, 0.15) is 10.0 Å². The fraction of sp³-hybridized carbons (Fsp3) is 0.269. The zero-order valence-electron chi connectivity index (χ0n) is 20.3. The molecule has 4 aromatic rings. The summed E-state index contributed by atoms with van der Waals surface area (Å²) < 4.78 is 17.3. The third-order valence-electron chi connectivity index (χ3n) is 6.16. The molecule has 0 radical (unpaired) electrons. The van der Waals surface area contributed by atoms with E-state index in [1.54, 1.807) is 30.4 Å². The SMILES string of the molecule is COc1cc(C(=O)Nc2sc3c(c2-c2nc4ccccc4s2)CCN(C(C)=O)C3)cc(OC)c1OC. The number of thiophene rings is 1. The van der Waals surface area contributed by atoms with Gasteiger partial charge in [0.25, 0.3) is 5.91 Å². The number of aromatic nitrogens is 1.